The van der Waals surface area contributed by atoms with Gasteiger partial charge >= 0.3 is 0 Å². The number of carbonyl (C=O) groups is 1. The van der Waals surface area contributed by atoms with Crippen molar-refractivity contribution in [3.05, 3.63) is 54.2 Å². The molecule has 1 amide bonds. The summed E-state index contributed by atoms with van der Waals surface area (Å²) in [6, 6.07) is 13.3. The topological polar surface area (TPSA) is 85.6 Å². The number of benzene rings is 1. The highest BCUT2D eigenvalue weighted by Gasteiger charge is 2.10. The predicted molar refractivity (Wildman–Crippen MR) is 92.1 cm³/mol. The van der Waals surface area contributed by atoms with Crippen molar-refractivity contribution >= 4 is 23.5 Å². The first-order chi connectivity index (χ1) is 11.7. The van der Waals surface area contributed by atoms with Gasteiger partial charge in [0.25, 0.3) is 0 Å². The smallest absolute Gasteiger partial charge is 0.226 e. The first kappa shape index (κ1) is 16.1. The molecule has 3 rings (SSSR count). The monoisotopic (exact) mass is 340 g/mol. The Labute approximate surface area is 143 Å². The van der Waals surface area contributed by atoms with Gasteiger partial charge in [-0.1, -0.05) is 36.0 Å². The number of pyridine rings is 1. The molecule has 0 aliphatic rings. The molecular weight excluding hydrogens is 324 g/mol. The summed E-state index contributed by atoms with van der Waals surface area (Å²) in [5.74, 6) is 1.05. The Bertz CT molecular complexity index is 803. The third-order valence-corrected chi connectivity index (χ3v) is 4.10. The third kappa shape index (κ3) is 4.17. The molecule has 1 N–H and O–H groups in total. The lowest BCUT2D eigenvalue weighted by Gasteiger charge is -2.05. The van der Waals surface area contributed by atoms with Gasteiger partial charge < -0.3 is 5.32 Å². The zero-order valence-electron chi connectivity index (χ0n) is 13.1. The number of aryl methyl sites for hydroxylation is 1. The summed E-state index contributed by atoms with van der Waals surface area (Å²) in [5, 5.41) is 15.1. The fourth-order valence-electron chi connectivity index (χ4n) is 1.98. The molecule has 0 spiro atoms. The highest BCUT2D eigenvalue weighted by atomic mass is 32.2. The van der Waals surface area contributed by atoms with Gasteiger partial charge in [0.2, 0.25) is 11.1 Å². The van der Waals surface area contributed by atoms with E-state index >= 15 is 0 Å². The molecule has 0 bridgehead atoms. The van der Waals surface area contributed by atoms with E-state index in [4.69, 9.17) is 0 Å². The lowest BCUT2D eigenvalue weighted by atomic mass is 10.3. The van der Waals surface area contributed by atoms with Crippen LogP contribution in [-0.2, 0) is 4.79 Å². The summed E-state index contributed by atoms with van der Waals surface area (Å²) in [6.07, 6.45) is 2.07. The molecule has 0 aliphatic carbocycles. The van der Waals surface area contributed by atoms with Crippen molar-refractivity contribution in [2.24, 2.45) is 0 Å². The van der Waals surface area contributed by atoms with Gasteiger partial charge in [-0.15, -0.1) is 5.10 Å². The van der Waals surface area contributed by atoms with E-state index < -0.39 is 0 Å². The Balaban J connectivity index is 1.53. The molecule has 0 radical (unpaired) electrons. The summed E-state index contributed by atoms with van der Waals surface area (Å²) in [6.45, 7) is 1.95. The fraction of sp³-hybridized carbons (Fsp3) is 0.188. The average Bonchev–Trinajstić information content (AvgIpc) is 3.06. The van der Waals surface area contributed by atoms with Crippen molar-refractivity contribution in [1.82, 2.24) is 25.2 Å². The van der Waals surface area contributed by atoms with Crippen LogP contribution in [0, 0.1) is 6.92 Å². The molecule has 2 heterocycles. The summed E-state index contributed by atoms with van der Waals surface area (Å²) in [4.78, 5) is 16.1. The summed E-state index contributed by atoms with van der Waals surface area (Å²) in [5.41, 5.74) is 1.94. The number of thioether (sulfide) groups is 1. The largest absolute Gasteiger partial charge is 0.311 e. The Morgan fingerprint density at radius 1 is 1.21 bits per heavy atom. The second kappa shape index (κ2) is 7.69. The fourth-order valence-corrected chi connectivity index (χ4v) is 2.81. The summed E-state index contributed by atoms with van der Waals surface area (Å²) < 4.78 is 1.66. The van der Waals surface area contributed by atoms with E-state index in [0.717, 1.165) is 11.3 Å². The Morgan fingerprint density at radius 2 is 2.04 bits per heavy atom. The van der Waals surface area contributed by atoms with E-state index in [9.17, 15) is 4.79 Å². The standard InChI is InChI=1S/C16H16N6OS/c1-12-7-8-14(17-11-12)18-15(23)9-10-24-16-19-20-21-22(16)13-5-3-2-4-6-13/h2-8,11H,9-10H2,1H3,(H,17,18,23). The number of carbonyl (C=O) groups excluding carboxylic acids is 1. The highest BCUT2D eigenvalue weighted by Crippen LogP contribution is 2.18. The number of nitrogens with one attached hydrogen (secondary N) is 1. The molecule has 24 heavy (non-hydrogen) atoms. The van der Waals surface area contributed by atoms with Crippen LogP contribution in [-0.4, -0.2) is 36.9 Å². The van der Waals surface area contributed by atoms with E-state index in [2.05, 4.69) is 25.8 Å². The van der Waals surface area contributed by atoms with E-state index in [-0.39, 0.29) is 5.91 Å². The van der Waals surface area contributed by atoms with Gasteiger partial charge in [0.05, 0.1) is 5.69 Å². The van der Waals surface area contributed by atoms with E-state index in [1.54, 1.807) is 16.9 Å². The number of tetrazole rings is 1. The van der Waals surface area contributed by atoms with Crippen LogP contribution in [0.4, 0.5) is 5.82 Å². The highest BCUT2D eigenvalue weighted by molar-refractivity contribution is 7.99. The van der Waals surface area contributed by atoms with Crippen molar-refractivity contribution in [2.75, 3.05) is 11.1 Å². The van der Waals surface area contributed by atoms with Crippen LogP contribution in [0.15, 0.2) is 53.8 Å². The van der Waals surface area contributed by atoms with E-state index in [1.165, 1.54) is 11.8 Å². The molecular formula is C16H16N6OS. The van der Waals surface area contributed by atoms with Crippen molar-refractivity contribution in [2.45, 2.75) is 18.5 Å². The van der Waals surface area contributed by atoms with Gasteiger partial charge in [0.1, 0.15) is 5.82 Å². The third-order valence-electron chi connectivity index (χ3n) is 3.18. The number of amides is 1. The molecule has 2 aromatic heterocycles. The maximum absolute atomic E-state index is 12.0. The molecule has 8 heteroatoms. The van der Waals surface area contributed by atoms with Crippen molar-refractivity contribution in [1.29, 1.82) is 0 Å². The molecule has 0 aliphatic heterocycles. The van der Waals surface area contributed by atoms with Crippen LogP contribution in [0.3, 0.4) is 0 Å². The Kier molecular flexibility index (Phi) is 5.17. The molecule has 0 unspecified atom stereocenters. The van der Waals surface area contributed by atoms with Gasteiger partial charge in [-0.05, 0) is 41.1 Å². The number of rotatable bonds is 6. The van der Waals surface area contributed by atoms with E-state index in [0.29, 0.717) is 23.1 Å². The average molecular weight is 340 g/mol. The number of para-hydroxylation sites is 1. The molecule has 0 saturated carbocycles. The maximum atomic E-state index is 12.0. The maximum Gasteiger partial charge on any atom is 0.226 e. The van der Waals surface area contributed by atoms with Crippen molar-refractivity contribution in [3.8, 4) is 5.69 Å². The van der Waals surface area contributed by atoms with E-state index in [1.807, 2.05) is 43.3 Å². The van der Waals surface area contributed by atoms with Crippen molar-refractivity contribution in [3.63, 3.8) is 0 Å². The minimum atomic E-state index is -0.0856. The molecule has 0 atom stereocenters. The zero-order chi connectivity index (χ0) is 16.8. The number of hydrogen-bond donors (Lipinski definition) is 1. The van der Waals surface area contributed by atoms with Crippen molar-refractivity contribution < 1.29 is 4.79 Å². The number of nitrogens with zero attached hydrogens (tertiary/aromatic N) is 5. The van der Waals surface area contributed by atoms with Crippen LogP contribution in [0.25, 0.3) is 5.69 Å². The quantitative estimate of drug-likeness (QED) is 0.694. The molecule has 7 nitrogen and oxygen atoms in total. The first-order valence-corrected chi connectivity index (χ1v) is 8.40. The van der Waals surface area contributed by atoms with Gasteiger partial charge in [-0.2, -0.15) is 4.68 Å². The lowest BCUT2D eigenvalue weighted by Crippen LogP contribution is -2.13. The van der Waals surface area contributed by atoms with Gasteiger partial charge in [-0.3, -0.25) is 4.79 Å². The second-order valence-electron chi connectivity index (χ2n) is 5.08. The van der Waals surface area contributed by atoms with Crippen LogP contribution in [0.2, 0.25) is 0 Å². The van der Waals surface area contributed by atoms with Gasteiger partial charge in [0.15, 0.2) is 0 Å². The normalized spacial score (nSPS) is 10.5. The molecule has 0 saturated heterocycles. The molecule has 122 valence electrons. The summed E-state index contributed by atoms with van der Waals surface area (Å²) in [7, 11) is 0. The second-order valence-corrected chi connectivity index (χ2v) is 6.14. The Morgan fingerprint density at radius 3 is 2.79 bits per heavy atom. The van der Waals surface area contributed by atoms with Gasteiger partial charge in [0, 0.05) is 18.4 Å². The first-order valence-electron chi connectivity index (χ1n) is 7.41. The number of hydrogen-bond acceptors (Lipinski definition) is 6. The van der Waals surface area contributed by atoms with Crippen LogP contribution < -0.4 is 5.32 Å². The molecule has 3 aromatic rings. The molecule has 1 aromatic carbocycles. The van der Waals surface area contributed by atoms with Crippen LogP contribution >= 0.6 is 11.8 Å². The SMILES string of the molecule is Cc1ccc(NC(=O)CCSc2nnnn2-c2ccccc2)nc1. The minimum absolute atomic E-state index is 0.0856. The van der Waals surface area contributed by atoms with Gasteiger partial charge in [-0.25, -0.2) is 4.98 Å². The Hall–Kier alpha value is -2.74. The minimum Gasteiger partial charge on any atom is -0.311 e. The number of aromatic nitrogens is 5. The van der Waals surface area contributed by atoms with Crippen LogP contribution in [0.5, 0.6) is 0 Å². The summed E-state index contributed by atoms with van der Waals surface area (Å²) >= 11 is 1.44. The zero-order valence-corrected chi connectivity index (χ0v) is 13.9. The van der Waals surface area contributed by atoms with Crippen LogP contribution in [0.1, 0.15) is 12.0 Å². The predicted octanol–water partition coefficient (Wildman–Crippen LogP) is 2.49. The number of anilines is 1. The molecule has 0 fully saturated rings. The lowest BCUT2D eigenvalue weighted by molar-refractivity contribution is -0.115.